The van der Waals surface area contributed by atoms with Gasteiger partial charge in [-0.2, -0.15) is 0 Å². The van der Waals surface area contributed by atoms with Crippen LogP contribution in [0.25, 0.3) is 100 Å². The first kappa shape index (κ1) is 73.1. The molecule has 0 fully saturated rings. The lowest BCUT2D eigenvalue weighted by Crippen LogP contribution is -2.14. The van der Waals surface area contributed by atoms with Gasteiger partial charge in [0.05, 0.1) is 83.5 Å². The van der Waals surface area contributed by atoms with Crippen LogP contribution in [0.15, 0.2) is 6.07 Å². The molecule has 0 radical (unpaired) electrons. The molecule has 0 heterocycles. The van der Waals surface area contributed by atoms with Crippen molar-refractivity contribution in [3.63, 3.8) is 0 Å². The normalized spacial score (nSPS) is 11.8. The molecule has 528 valence electrons. The minimum Gasteiger partial charge on any atom is -0.206 e. The Hall–Kier alpha value is -10.6. The lowest BCUT2D eigenvalue weighted by Gasteiger charge is -2.23. The highest BCUT2D eigenvalue weighted by Gasteiger charge is 2.45. The zero-order valence-corrected chi connectivity index (χ0v) is 46.2. The van der Waals surface area contributed by atoms with Crippen LogP contribution in [0.2, 0.25) is 0 Å². The number of halogens is 40. The van der Waals surface area contributed by atoms with Crippen molar-refractivity contribution in [2.45, 2.75) is 6.92 Å². The standard InChI is InChI=1S/C61H4F40/c1-3-6(9-42(82)50(90)58(98)51(91)43(9)83)28(68)33(73)10(22(3)62)12-25(65)13(27(67)14(26(12)66)15-38(78)40(80)18(41(81)39(15)79)21-48(88)56(96)61(101)57(97)49(21)89)11-23(63)4(7-29(69)34(74)16(35(75)30(7)70)19-44(84)52(92)59(99)53(93)45(19)85)2-5(24(11)64)8-31(71)36(76)17(37(77)32(8)72)20-46(86)54(94)60(100)55(95)47(20)87/h2H,1H3. The van der Waals surface area contributed by atoms with Crippen LogP contribution >= 0.6 is 0 Å². The molecule has 0 nitrogen and oxygen atoms in total. The van der Waals surface area contributed by atoms with Crippen molar-refractivity contribution < 1.29 is 176 Å². The molecule has 0 aliphatic rings. The molecule has 10 aromatic rings. The first-order valence-corrected chi connectivity index (χ1v) is 25.4. The van der Waals surface area contributed by atoms with E-state index in [9.17, 15) is 52.7 Å². The van der Waals surface area contributed by atoms with Crippen molar-refractivity contribution in [2.24, 2.45) is 0 Å². The average molecular weight is 1500 g/mol. The summed E-state index contributed by atoms with van der Waals surface area (Å²) in [5.74, 6) is -143. The molecule has 0 saturated heterocycles. The van der Waals surface area contributed by atoms with Crippen molar-refractivity contribution in [3.05, 3.63) is 244 Å². The fourth-order valence-corrected chi connectivity index (χ4v) is 10.4. The van der Waals surface area contributed by atoms with Crippen LogP contribution in [0, 0.1) is 240 Å². The fraction of sp³-hybridized carbons (Fsp3) is 0.0164. The van der Waals surface area contributed by atoms with Crippen LogP contribution in [-0.4, -0.2) is 0 Å². The lowest BCUT2D eigenvalue weighted by atomic mass is 9.84. The van der Waals surface area contributed by atoms with E-state index in [1.165, 1.54) is 0 Å². The zero-order chi connectivity index (χ0) is 75.8. The second-order valence-corrected chi connectivity index (χ2v) is 20.2. The maximum atomic E-state index is 17.9. The summed E-state index contributed by atoms with van der Waals surface area (Å²) in [7, 11) is 0. The zero-order valence-electron chi connectivity index (χ0n) is 46.2. The largest absolute Gasteiger partial charge is 0.206 e. The molecule has 40 heteroatoms. The first-order chi connectivity index (χ1) is 46.8. The molecular formula is C61H4F40. The van der Waals surface area contributed by atoms with Crippen molar-refractivity contribution in [3.8, 4) is 100 Å². The third-order valence-electron chi connectivity index (χ3n) is 15.0. The number of hydrogen-bond donors (Lipinski definition) is 0. The van der Waals surface area contributed by atoms with Gasteiger partial charge in [-0.05, 0) is 18.6 Å². The van der Waals surface area contributed by atoms with Gasteiger partial charge in [0.15, 0.2) is 175 Å². The van der Waals surface area contributed by atoms with Crippen molar-refractivity contribution in [2.75, 3.05) is 0 Å². The Kier molecular flexibility index (Phi) is 18.1. The van der Waals surface area contributed by atoms with E-state index < -0.39 is 344 Å². The van der Waals surface area contributed by atoms with Gasteiger partial charge in [0, 0.05) is 16.7 Å². The summed E-state index contributed by atoms with van der Waals surface area (Å²) in [6, 6.07) is -1.33. The highest BCUT2D eigenvalue weighted by molar-refractivity contribution is 5.92. The van der Waals surface area contributed by atoms with Gasteiger partial charge in [-0.25, -0.2) is 176 Å². The summed E-state index contributed by atoms with van der Waals surface area (Å²) in [5, 5.41) is 0. The van der Waals surface area contributed by atoms with Gasteiger partial charge in [-0.1, -0.05) is 0 Å². The van der Waals surface area contributed by atoms with Gasteiger partial charge in [0.2, 0.25) is 23.3 Å². The van der Waals surface area contributed by atoms with Crippen molar-refractivity contribution in [1.29, 1.82) is 0 Å². The van der Waals surface area contributed by atoms with E-state index in [1.54, 1.807) is 0 Å². The second-order valence-electron chi connectivity index (χ2n) is 20.2. The smallest absolute Gasteiger partial charge is 0.200 e. The molecule has 0 aromatic heterocycles. The maximum Gasteiger partial charge on any atom is 0.200 e. The Bertz CT molecular complexity index is 4920. The lowest BCUT2D eigenvalue weighted by molar-refractivity contribution is 0.379. The summed E-state index contributed by atoms with van der Waals surface area (Å²) < 4.78 is 629. The van der Waals surface area contributed by atoms with E-state index in [-0.39, 0.29) is 6.92 Å². The number of benzene rings is 10. The van der Waals surface area contributed by atoms with E-state index in [2.05, 4.69) is 0 Å². The topological polar surface area (TPSA) is 0 Å². The Morgan fingerprint density at radius 2 is 0.218 bits per heavy atom. The summed E-state index contributed by atoms with van der Waals surface area (Å²) in [6.07, 6.45) is 0. The molecule has 0 spiro atoms. The molecule has 0 atom stereocenters. The molecule has 0 N–H and O–H groups in total. The molecule has 0 saturated carbocycles. The van der Waals surface area contributed by atoms with E-state index >= 15 is 123 Å². The van der Waals surface area contributed by atoms with Crippen LogP contribution in [0.5, 0.6) is 0 Å². The average Bonchev–Trinajstić information content (AvgIpc) is 0.681. The third kappa shape index (κ3) is 9.99. The van der Waals surface area contributed by atoms with E-state index in [4.69, 9.17) is 0 Å². The predicted octanol–water partition coefficient (Wildman–Crippen LogP) is 22.6. The van der Waals surface area contributed by atoms with Gasteiger partial charge >= 0.3 is 0 Å². The highest BCUT2D eigenvalue weighted by atomic mass is 19.2. The maximum absolute atomic E-state index is 17.9. The highest BCUT2D eigenvalue weighted by Crippen LogP contribution is 2.54. The summed E-state index contributed by atoms with van der Waals surface area (Å²) >= 11 is 0. The van der Waals surface area contributed by atoms with Crippen LogP contribution in [0.1, 0.15) is 5.56 Å². The Morgan fingerprint density at radius 3 is 0.406 bits per heavy atom. The molecule has 101 heavy (non-hydrogen) atoms. The van der Waals surface area contributed by atoms with Crippen molar-refractivity contribution in [1.82, 2.24) is 0 Å². The van der Waals surface area contributed by atoms with Gasteiger partial charge in [-0.3, -0.25) is 0 Å². The minimum absolute atomic E-state index is 0.274. The quantitative estimate of drug-likeness (QED) is 0.0768. The fourth-order valence-electron chi connectivity index (χ4n) is 10.4. The first-order valence-electron chi connectivity index (χ1n) is 25.4. The minimum atomic E-state index is -4.11. The summed E-state index contributed by atoms with van der Waals surface area (Å²) in [6.45, 7) is -0.274. The van der Waals surface area contributed by atoms with Crippen molar-refractivity contribution >= 4 is 0 Å². The molecule has 0 unspecified atom stereocenters. The summed E-state index contributed by atoms with van der Waals surface area (Å²) in [5.41, 5.74) is -62.3. The molecule has 0 bridgehead atoms. The Morgan fingerprint density at radius 1 is 0.109 bits per heavy atom. The van der Waals surface area contributed by atoms with Gasteiger partial charge in [0.1, 0.15) is 34.9 Å². The number of hydrogen-bond acceptors (Lipinski definition) is 0. The SMILES string of the molecule is Cc1c(F)c(-c2c(F)c(-c3c(F)c(-c4c(F)c(F)c(-c5c(F)c(F)c(F)c(F)c5F)c(F)c4F)cc(-c4c(F)c(F)c(-c5c(F)c(F)c(F)c(F)c5F)c(F)c4F)c3F)c(F)c(-c3c(F)c(F)c(-c4c(F)c(F)c(F)c(F)c4F)c(F)c3F)c2F)c(F)c(F)c1-c1c(F)c(F)c(F)c(F)c1F. The van der Waals surface area contributed by atoms with Gasteiger partial charge in [-0.15, -0.1) is 0 Å². The number of rotatable bonds is 9. The third-order valence-corrected chi connectivity index (χ3v) is 15.0. The van der Waals surface area contributed by atoms with E-state index in [0.717, 1.165) is 0 Å². The molecule has 10 rings (SSSR count). The van der Waals surface area contributed by atoms with E-state index in [0.29, 0.717) is 0 Å². The Labute approximate surface area is 526 Å². The van der Waals surface area contributed by atoms with Crippen LogP contribution in [-0.2, 0) is 0 Å². The van der Waals surface area contributed by atoms with Gasteiger partial charge in [0.25, 0.3) is 0 Å². The molecule has 0 aliphatic heterocycles. The van der Waals surface area contributed by atoms with Crippen LogP contribution in [0.4, 0.5) is 176 Å². The molecule has 10 aromatic carbocycles. The second kappa shape index (κ2) is 24.9. The van der Waals surface area contributed by atoms with Crippen LogP contribution < -0.4 is 0 Å². The molecule has 0 aliphatic carbocycles. The van der Waals surface area contributed by atoms with Gasteiger partial charge < -0.3 is 0 Å². The van der Waals surface area contributed by atoms with Crippen LogP contribution in [0.3, 0.4) is 0 Å². The summed E-state index contributed by atoms with van der Waals surface area (Å²) in [4.78, 5) is 0. The monoisotopic (exact) mass is 1500 g/mol. The Balaban J connectivity index is 1.46. The van der Waals surface area contributed by atoms with E-state index in [1.807, 2.05) is 0 Å². The molecule has 0 amide bonds. The molecular weight excluding hydrogens is 1490 g/mol. The predicted molar refractivity (Wildman–Crippen MR) is 258 cm³/mol.